The van der Waals surface area contributed by atoms with Gasteiger partial charge in [-0.2, -0.15) is 0 Å². The number of aliphatic hydroxyl groups is 3. The lowest BCUT2D eigenvalue weighted by molar-refractivity contribution is -0.703. The zero-order valence-corrected chi connectivity index (χ0v) is 23.7. The number of rotatable bonds is 9. The van der Waals surface area contributed by atoms with Crippen LogP contribution in [0.5, 0.6) is 0 Å². The zero-order valence-electron chi connectivity index (χ0n) is 23.7. The molecule has 1 aliphatic carbocycles. The molecule has 222 valence electrons. The van der Waals surface area contributed by atoms with E-state index in [4.69, 9.17) is 19.9 Å². The molecule has 0 amide bonds. The second-order valence-electron chi connectivity index (χ2n) is 12.4. The van der Waals surface area contributed by atoms with Crippen LogP contribution in [0.15, 0.2) is 11.6 Å². The number of hydrogen-bond acceptors (Lipinski definition) is 9. The van der Waals surface area contributed by atoms with Crippen LogP contribution in [0.25, 0.3) is 0 Å². The summed E-state index contributed by atoms with van der Waals surface area (Å²) in [5.41, 5.74) is 5.77. The monoisotopic (exact) mass is 553 g/mol. The van der Waals surface area contributed by atoms with E-state index in [0.29, 0.717) is 37.2 Å². The quantitative estimate of drug-likeness (QED) is 0.198. The number of esters is 1. The Balaban J connectivity index is 1.63. The van der Waals surface area contributed by atoms with Crippen molar-refractivity contribution >= 4 is 11.8 Å². The first-order chi connectivity index (χ1) is 18.6. The molecule has 4 aliphatic rings. The molecule has 3 heterocycles. The van der Waals surface area contributed by atoms with Gasteiger partial charge in [0.2, 0.25) is 0 Å². The number of hydrogen-bond donors (Lipinski definition) is 5. The smallest absolute Gasteiger partial charge is 0.333 e. The van der Waals surface area contributed by atoms with E-state index in [1.807, 2.05) is 6.92 Å². The summed E-state index contributed by atoms with van der Waals surface area (Å²) in [5, 5.41) is 33.1. The van der Waals surface area contributed by atoms with Crippen molar-refractivity contribution in [1.82, 2.24) is 0 Å². The topological polar surface area (TPSA) is 165 Å². The lowest BCUT2D eigenvalue weighted by Gasteiger charge is -2.58. The molecular formula is C29H49N2O8+. The van der Waals surface area contributed by atoms with Gasteiger partial charge in [-0.15, -0.1) is 0 Å². The van der Waals surface area contributed by atoms with E-state index in [2.05, 4.69) is 5.32 Å². The Morgan fingerprint density at radius 2 is 2.03 bits per heavy atom. The molecule has 3 saturated heterocycles. The first kappa shape index (κ1) is 30.6. The van der Waals surface area contributed by atoms with Gasteiger partial charge < -0.3 is 34.8 Å². The molecule has 10 nitrogen and oxygen atoms in total. The van der Waals surface area contributed by atoms with Crippen molar-refractivity contribution in [2.75, 3.05) is 19.8 Å². The maximum absolute atomic E-state index is 13.2. The minimum atomic E-state index is -1.01. The number of aliphatic hydroxyl groups excluding tert-OH is 3. The van der Waals surface area contributed by atoms with Gasteiger partial charge in [0.05, 0.1) is 43.5 Å². The van der Waals surface area contributed by atoms with E-state index in [0.717, 1.165) is 25.8 Å². The maximum atomic E-state index is 13.2. The maximum Gasteiger partial charge on any atom is 0.333 e. The first-order valence-corrected chi connectivity index (χ1v) is 14.8. The Hall–Kier alpha value is -1.40. The van der Waals surface area contributed by atoms with Crippen molar-refractivity contribution in [2.45, 2.75) is 114 Å². The van der Waals surface area contributed by atoms with E-state index >= 15 is 0 Å². The summed E-state index contributed by atoms with van der Waals surface area (Å²) in [6, 6.07) is 0. The van der Waals surface area contributed by atoms with Gasteiger partial charge in [0.25, 0.3) is 0 Å². The fraction of sp³-hybridized carbons (Fsp3) is 0.862. The van der Waals surface area contributed by atoms with Crippen LogP contribution in [0.2, 0.25) is 0 Å². The molecule has 0 aromatic carbocycles. The highest BCUT2D eigenvalue weighted by Crippen LogP contribution is 2.51. The molecule has 11 unspecified atom stereocenters. The van der Waals surface area contributed by atoms with E-state index in [1.165, 1.54) is 0 Å². The number of allylic oxidation sites excluding steroid dienone is 1. The molecule has 10 heteroatoms. The van der Waals surface area contributed by atoms with Crippen LogP contribution in [0.3, 0.4) is 0 Å². The number of Topliss-reactive ketones (excluding diaryl/α,β-unsaturated/α-hetero) is 1. The van der Waals surface area contributed by atoms with Crippen LogP contribution >= 0.6 is 0 Å². The van der Waals surface area contributed by atoms with Crippen molar-refractivity contribution in [1.29, 1.82) is 0 Å². The highest BCUT2D eigenvalue weighted by molar-refractivity contribution is 5.87. The number of ketones is 1. The van der Waals surface area contributed by atoms with Crippen molar-refractivity contribution < 1.29 is 44.4 Å². The van der Waals surface area contributed by atoms with Crippen molar-refractivity contribution in [3.8, 4) is 0 Å². The SMILES string of the molecule is CC=C(C)C(=O)OC1CC2C(O)C3C(=O)CC(CO)OC3C(CCCO)C2OC1(C)CCC1CCC(N)[NH2+]C1. The number of ether oxygens (including phenoxy) is 3. The molecule has 0 aromatic rings. The predicted octanol–water partition coefficient (Wildman–Crippen LogP) is 0.165. The molecule has 3 aliphatic heterocycles. The minimum Gasteiger partial charge on any atom is -0.456 e. The summed E-state index contributed by atoms with van der Waals surface area (Å²) in [6.45, 7) is 6.17. The van der Waals surface area contributed by atoms with Crippen LogP contribution in [-0.4, -0.2) is 89.1 Å². The Kier molecular flexibility index (Phi) is 10.2. The summed E-state index contributed by atoms with van der Waals surface area (Å²) < 4.78 is 19.2. The molecular weight excluding hydrogens is 504 g/mol. The van der Waals surface area contributed by atoms with Crippen molar-refractivity contribution in [3.63, 3.8) is 0 Å². The van der Waals surface area contributed by atoms with E-state index in [9.17, 15) is 24.9 Å². The molecule has 4 fully saturated rings. The number of carbonyl (C=O) groups is 2. The van der Waals surface area contributed by atoms with Crippen LogP contribution in [0.4, 0.5) is 0 Å². The lowest BCUT2D eigenvalue weighted by Crippen LogP contribution is -2.95. The summed E-state index contributed by atoms with van der Waals surface area (Å²) >= 11 is 0. The molecule has 39 heavy (non-hydrogen) atoms. The summed E-state index contributed by atoms with van der Waals surface area (Å²) in [4.78, 5) is 26.1. The third-order valence-corrected chi connectivity index (χ3v) is 9.78. The lowest BCUT2D eigenvalue weighted by atomic mass is 9.61. The average molecular weight is 554 g/mol. The number of carbonyl (C=O) groups excluding carboxylic acids is 2. The van der Waals surface area contributed by atoms with Crippen molar-refractivity contribution in [2.24, 2.45) is 29.4 Å². The molecule has 0 radical (unpaired) electrons. The first-order valence-electron chi connectivity index (χ1n) is 14.8. The highest BCUT2D eigenvalue weighted by atomic mass is 16.6. The second-order valence-corrected chi connectivity index (χ2v) is 12.4. The summed E-state index contributed by atoms with van der Waals surface area (Å²) in [5.74, 6) is -1.46. The Morgan fingerprint density at radius 1 is 1.26 bits per heavy atom. The van der Waals surface area contributed by atoms with E-state index in [1.54, 1.807) is 19.9 Å². The van der Waals surface area contributed by atoms with Gasteiger partial charge >= 0.3 is 5.97 Å². The second kappa shape index (κ2) is 13.1. The molecule has 1 saturated carbocycles. The molecule has 7 N–H and O–H groups in total. The van der Waals surface area contributed by atoms with Crippen LogP contribution < -0.4 is 11.1 Å². The number of piperidine rings is 1. The Labute approximate surface area is 231 Å². The fourth-order valence-electron chi connectivity index (χ4n) is 7.23. The molecule has 0 spiro atoms. The van der Waals surface area contributed by atoms with Crippen LogP contribution in [-0.2, 0) is 23.8 Å². The van der Waals surface area contributed by atoms with Gasteiger partial charge in [-0.05, 0) is 59.3 Å². The normalized spacial score (nSPS) is 42.9. The summed E-state index contributed by atoms with van der Waals surface area (Å²) in [7, 11) is 0. The third kappa shape index (κ3) is 6.58. The fourth-order valence-corrected chi connectivity index (χ4v) is 7.23. The van der Waals surface area contributed by atoms with Gasteiger partial charge in [-0.25, -0.2) is 4.79 Å². The van der Waals surface area contributed by atoms with Gasteiger partial charge in [-0.3, -0.25) is 10.5 Å². The van der Waals surface area contributed by atoms with E-state index < -0.39 is 53.9 Å². The Bertz CT molecular complexity index is 891. The van der Waals surface area contributed by atoms with Gasteiger partial charge in [0.1, 0.15) is 23.7 Å². The standard InChI is InChI=1S/C29H48N2O8/c1-4-16(2)28(36)38-22-13-20-25(35)24-21(34)12-18(15-33)37-27(24)19(6-5-11-32)26(20)39-29(22,3)10-9-17-7-8-23(30)31-14-17/h4,17-20,22-27,31-33,35H,5-15,30H2,1-3H3/p+1. The van der Waals surface area contributed by atoms with Gasteiger partial charge in [-0.1, -0.05) is 6.08 Å². The molecule has 4 rings (SSSR count). The molecule has 0 bridgehead atoms. The van der Waals surface area contributed by atoms with Crippen molar-refractivity contribution in [3.05, 3.63) is 11.6 Å². The Morgan fingerprint density at radius 3 is 2.67 bits per heavy atom. The largest absolute Gasteiger partial charge is 0.456 e. The van der Waals surface area contributed by atoms with Crippen LogP contribution in [0, 0.1) is 23.7 Å². The average Bonchev–Trinajstić information content (AvgIpc) is 2.92. The van der Waals surface area contributed by atoms with Gasteiger partial charge in [0.15, 0.2) is 0 Å². The summed E-state index contributed by atoms with van der Waals surface area (Å²) in [6.07, 6.45) is 3.67. The van der Waals surface area contributed by atoms with Gasteiger partial charge in [0, 0.05) is 42.8 Å². The highest BCUT2D eigenvalue weighted by Gasteiger charge is 2.61. The zero-order chi connectivity index (χ0) is 28.3. The predicted molar refractivity (Wildman–Crippen MR) is 142 cm³/mol. The van der Waals surface area contributed by atoms with E-state index in [-0.39, 0.29) is 37.5 Å². The minimum absolute atomic E-state index is 0.00828. The number of nitrogens with two attached hydrogens (primary N) is 2. The third-order valence-electron chi connectivity index (χ3n) is 9.78. The number of quaternary nitrogens is 1. The molecule has 11 atom stereocenters. The van der Waals surface area contributed by atoms with Crippen LogP contribution in [0.1, 0.15) is 72.1 Å². The number of fused-ring (bicyclic) bond motifs is 2. The molecule has 0 aromatic heterocycles.